The Labute approximate surface area is 100 Å². The Hall–Kier alpha value is -0.0800. The van der Waals surface area contributed by atoms with Crippen LogP contribution in [0.2, 0.25) is 0 Å². The average molecular weight is 225 g/mol. The van der Waals surface area contributed by atoms with Crippen LogP contribution in [0.3, 0.4) is 0 Å². The fraction of sp³-hybridized carbons (Fsp3) is 1.00. The molecule has 1 N–H and O–H groups in total. The van der Waals surface area contributed by atoms with Crippen LogP contribution in [0.1, 0.15) is 57.8 Å². The van der Waals surface area contributed by atoms with Crippen molar-refractivity contribution in [2.45, 2.75) is 69.9 Å². The highest BCUT2D eigenvalue weighted by Crippen LogP contribution is 2.27. The Bertz CT molecular complexity index is 201. The summed E-state index contributed by atoms with van der Waals surface area (Å²) in [5.41, 5.74) is 0. The van der Waals surface area contributed by atoms with E-state index in [0.717, 1.165) is 12.3 Å². The van der Waals surface area contributed by atoms with Gasteiger partial charge in [-0.15, -0.1) is 0 Å². The highest BCUT2D eigenvalue weighted by Gasteiger charge is 2.28. The van der Waals surface area contributed by atoms with Gasteiger partial charge in [-0.2, -0.15) is 0 Å². The Balaban J connectivity index is 1.78. The molecule has 0 radical (unpaired) electrons. The Morgan fingerprint density at radius 1 is 0.938 bits per heavy atom. The van der Waals surface area contributed by atoms with Crippen molar-refractivity contribution in [2.75, 3.05) is 13.6 Å². The van der Waals surface area contributed by atoms with E-state index in [-0.39, 0.29) is 6.10 Å². The van der Waals surface area contributed by atoms with Gasteiger partial charge in [-0.25, -0.2) is 0 Å². The Kier molecular flexibility index (Phi) is 4.66. The number of aliphatic hydroxyl groups excluding tert-OH is 1. The predicted octanol–water partition coefficient (Wildman–Crippen LogP) is 2.80. The van der Waals surface area contributed by atoms with Gasteiger partial charge in [0.25, 0.3) is 0 Å². The molecule has 2 unspecified atom stereocenters. The third kappa shape index (κ3) is 3.21. The summed E-state index contributed by atoms with van der Waals surface area (Å²) in [6, 6.07) is 0.440. The van der Waals surface area contributed by atoms with Crippen LogP contribution in [0.4, 0.5) is 0 Å². The van der Waals surface area contributed by atoms with E-state index in [1.165, 1.54) is 57.9 Å². The number of hydrogen-bond donors (Lipinski definition) is 1. The number of likely N-dealkylation sites (N-methyl/N-ethyl adjacent to an activating group) is 1. The second kappa shape index (κ2) is 6.02. The van der Waals surface area contributed by atoms with Crippen molar-refractivity contribution in [2.24, 2.45) is 5.92 Å². The molecule has 0 amide bonds. The van der Waals surface area contributed by atoms with Gasteiger partial charge in [-0.3, -0.25) is 0 Å². The van der Waals surface area contributed by atoms with Gasteiger partial charge in [-0.1, -0.05) is 32.1 Å². The Morgan fingerprint density at radius 2 is 1.56 bits per heavy atom. The van der Waals surface area contributed by atoms with Crippen molar-refractivity contribution < 1.29 is 5.11 Å². The van der Waals surface area contributed by atoms with Crippen LogP contribution in [-0.2, 0) is 0 Å². The van der Waals surface area contributed by atoms with E-state index in [4.69, 9.17) is 0 Å². The van der Waals surface area contributed by atoms with Crippen LogP contribution < -0.4 is 0 Å². The molecule has 0 bridgehead atoms. The summed E-state index contributed by atoms with van der Waals surface area (Å²) < 4.78 is 0. The summed E-state index contributed by atoms with van der Waals surface area (Å²) in [4.78, 5) is 2.44. The molecule has 2 nitrogen and oxygen atoms in total. The molecule has 0 aromatic carbocycles. The molecule has 2 fully saturated rings. The van der Waals surface area contributed by atoms with Gasteiger partial charge >= 0.3 is 0 Å². The van der Waals surface area contributed by atoms with E-state index in [9.17, 15) is 5.11 Å². The van der Waals surface area contributed by atoms with Gasteiger partial charge in [0, 0.05) is 12.6 Å². The molecule has 0 spiro atoms. The van der Waals surface area contributed by atoms with Crippen LogP contribution >= 0.6 is 0 Å². The topological polar surface area (TPSA) is 23.5 Å². The molecular formula is C14H27NO. The molecule has 0 aliphatic heterocycles. The zero-order valence-corrected chi connectivity index (χ0v) is 10.7. The molecule has 0 aromatic rings. The SMILES string of the molecule is CN(CC1CCCCC1)C1CCCCC1O. The molecule has 2 rings (SSSR count). The first-order chi connectivity index (χ1) is 7.77. The molecule has 2 saturated carbocycles. The summed E-state index contributed by atoms with van der Waals surface area (Å²) >= 11 is 0. The smallest absolute Gasteiger partial charge is 0.0695 e. The van der Waals surface area contributed by atoms with Gasteiger partial charge in [0.15, 0.2) is 0 Å². The second-order valence-corrected chi connectivity index (χ2v) is 5.86. The van der Waals surface area contributed by atoms with E-state index in [2.05, 4.69) is 11.9 Å². The van der Waals surface area contributed by atoms with Gasteiger partial charge in [-0.05, 0) is 38.6 Å². The quantitative estimate of drug-likeness (QED) is 0.798. The standard InChI is InChI=1S/C14H27NO/c1-15(11-12-7-3-2-4-8-12)13-9-5-6-10-14(13)16/h12-14,16H,2-11H2,1H3. The minimum Gasteiger partial charge on any atom is -0.391 e. The van der Waals surface area contributed by atoms with Crippen LogP contribution in [0, 0.1) is 5.92 Å². The number of aliphatic hydroxyl groups is 1. The maximum absolute atomic E-state index is 10.0. The molecule has 0 aromatic heterocycles. The van der Waals surface area contributed by atoms with E-state index >= 15 is 0 Å². The summed E-state index contributed by atoms with van der Waals surface area (Å²) in [6.45, 7) is 1.21. The first-order valence-electron chi connectivity index (χ1n) is 7.15. The second-order valence-electron chi connectivity index (χ2n) is 5.86. The van der Waals surface area contributed by atoms with E-state index in [1.807, 2.05) is 0 Å². The van der Waals surface area contributed by atoms with Gasteiger partial charge in [0.1, 0.15) is 0 Å². The van der Waals surface area contributed by atoms with E-state index in [1.54, 1.807) is 0 Å². The fourth-order valence-corrected chi connectivity index (χ4v) is 3.52. The van der Waals surface area contributed by atoms with Crippen molar-refractivity contribution in [3.05, 3.63) is 0 Å². The van der Waals surface area contributed by atoms with Crippen molar-refractivity contribution in [1.29, 1.82) is 0 Å². The molecule has 2 aliphatic carbocycles. The molecule has 2 atom stereocenters. The summed E-state index contributed by atoms with van der Waals surface area (Å²) in [6.07, 6.45) is 11.8. The van der Waals surface area contributed by atoms with Crippen LogP contribution in [0.25, 0.3) is 0 Å². The molecule has 2 heteroatoms. The highest BCUT2D eigenvalue weighted by atomic mass is 16.3. The van der Waals surface area contributed by atoms with E-state index < -0.39 is 0 Å². The van der Waals surface area contributed by atoms with Crippen LogP contribution in [0.15, 0.2) is 0 Å². The van der Waals surface area contributed by atoms with Crippen molar-refractivity contribution in [3.8, 4) is 0 Å². The summed E-state index contributed by atoms with van der Waals surface area (Å²) in [7, 11) is 2.22. The number of nitrogens with zero attached hydrogens (tertiary/aromatic N) is 1. The predicted molar refractivity (Wildman–Crippen MR) is 67.5 cm³/mol. The summed E-state index contributed by atoms with van der Waals surface area (Å²) in [5.74, 6) is 0.896. The molecule has 0 heterocycles. The average Bonchev–Trinajstić information content (AvgIpc) is 2.31. The largest absolute Gasteiger partial charge is 0.391 e. The lowest BCUT2D eigenvalue weighted by molar-refractivity contribution is 0.0231. The molecule has 16 heavy (non-hydrogen) atoms. The molecule has 0 saturated heterocycles. The number of hydrogen-bond acceptors (Lipinski definition) is 2. The van der Waals surface area contributed by atoms with Crippen molar-refractivity contribution >= 4 is 0 Å². The molecule has 2 aliphatic rings. The number of rotatable bonds is 3. The monoisotopic (exact) mass is 225 g/mol. The van der Waals surface area contributed by atoms with Gasteiger partial charge < -0.3 is 10.0 Å². The van der Waals surface area contributed by atoms with Gasteiger partial charge in [0.05, 0.1) is 6.10 Å². The van der Waals surface area contributed by atoms with Crippen LogP contribution in [0.5, 0.6) is 0 Å². The zero-order chi connectivity index (χ0) is 11.4. The van der Waals surface area contributed by atoms with Crippen molar-refractivity contribution in [1.82, 2.24) is 4.90 Å². The first kappa shape index (κ1) is 12.4. The lowest BCUT2D eigenvalue weighted by atomic mass is 9.87. The maximum Gasteiger partial charge on any atom is 0.0695 e. The molecular weight excluding hydrogens is 198 g/mol. The summed E-state index contributed by atoms with van der Waals surface area (Å²) in [5, 5.41) is 10.0. The third-order valence-corrected chi connectivity index (χ3v) is 4.53. The minimum absolute atomic E-state index is 0.0673. The van der Waals surface area contributed by atoms with Crippen LogP contribution in [-0.4, -0.2) is 35.7 Å². The minimum atomic E-state index is -0.0673. The third-order valence-electron chi connectivity index (χ3n) is 4.53. The first-order valence-corrected chi connectivity index (χ1v) is 7.15. The fourth-order valence-electron chi connectivity index (χ4n) is 3.52. The lowest BCUT2D eigenvalue weighted by Crippen LogP contribution is -2.45. The molecule has 94 valence electrons. The highest BCUT2D eigenvalue weighted by molar-refractivity contribution is 4.83. The zero-order valence-electron chi connectivity index (χ0n) is 10.7. The lowest BCUT2D eigenvalue weighted by Gasteiger charge is -2.37. The Morgan fingerprint density at radius 3 is 2.25 bits per heavy atom. The van der Waals surface area contributed by atoms with Gasteiger partial charge in [0.2, 0.25) is 0 Å². The van der Waals surface area contributed by atoms with E-state index in [0.29, 0.717) is 6.04 Å². The normalized spacial score (nSPS) is 33.2. The maximum atomic E-state index is 10.0. The van der Waals surface area contributed by atoms with Crippen molar-refractivity contribution in [3.63, 3.8) is 0 Å².